The van der Waals surface area contributed by atoms with Crippen LogP contribution < -0.4 is 4.74 Å². The van der Waals surface area contributed by atoms with Gasteiger partial charge in [0.2, 0.25) is 0 Å². The van der Waals surface area contributed by atoms with Crippen LogP contribution in [0.4, 0.5) is 4.79 Å². The second-order valence-electron chi connectivity index (χ2n) is 17.4. The first kappa shape index (κ1) is 34.6. The molecular formula is C40H48ClN5O4. The highest BCUT2D eigenvalue weighted by molar-refractivity contribution is 6.31. The van der Waals surface area contributed by atoms with Crippen molar-refractivity contribution in [3.8, 4) is 23.7 Å². The molecule has 2 amide bonds. The van der Waals surface area contributed by atoms with E-state index in [0.717, 1.165) is 63.3 Å². The molecule has 7 rings (SSSR count). The molecular weight excluding hydrogens is 650 g/mol. The summed E-state index contributed by atoms with van der Waals surface area (Å²) in [5.41, 5.74) is 1.69. The molecule has 50 heavy (non-hydrogen) atoms. The van der Waals surface area contributed by atoms with Gasteiger partial charge in [-0.1, -0.05) is 45.2 Å². The van der Waals surface area contributed by atoms with Crippen LogP contribution in [0.1, 0.15) is 101 Å². The van der Waals surface area contributed by atoms with Crippen LogP contribution in [-0.2, 0) is 11.3 Å². The van der Waals surface area contributed by atoms with E-state index in [1.54, 1.807) is 18.2 Å². The summed E-state index contributed by atoms with van der Waals surface area (Å²) < 4.78 is 12.0. The number of carbonyl (C=O) groups excluding carboxylic acids is 2. The minimum Gasteiger partial charge on any atom is -0.489 e. The van der Waals surface area contributed by atoms with Crippen molar-refractivity contribution in [2.45, 2.75) is 104 Å². The third kappa shape index (κ3) is 6.11. The predicted octanol–water partition coefficient (Wildman–Crippen LogP) is 6.91. The first-order chi connectivity index (χ1) is 23.5. The zero-order chi connectivity index (χ0) is 35.8. The van der Waals surface area contributed by atoms with Crippen molar-refractivity contribution in [3.63, 3.8) is 0 Å². The van der Waals surface area contributed by atoms with Gasteiger partial charge in [-0.05, 0) is 76.6 Å². The van der Waals surface area contributed by atoms with Gasteiger partial charge >= 0.3 is 6.09 Å². The number of likely N-dealkylation sites (tertiary alicyclic amines) is 2. The van der Waals surface area contributed by atoms with Crippen LogP contribution in [-0.4, -0.2) is 81.7 Å². The van der Waals surface area contributed by atoms with Crippen molar-refractivity contribution < 1.29 is 19.1 Å². The Morgan fingerprint density at radius 1 is 1.00 bits per heavy atom. The molecule has 2 saturated heterocycles. The molecule has 1 aromatic carbocycles. The first-order valence-electron chi connectivity index (χ1n) is 17.9. The molecule has 1 aromatic heterocycles. The van der Waals surface area contributed by atoms with Crippen molar-refractivity contribution in [1.82, 2.24) is 19.7 Å². The highest BCUT2D eigenvalue weighted by Crippen LogP contribution is 2.59. The molecule has 0 radical (unpaired) electrons. The van der Waals surface area contributed by atoms with Gasteiger partial charge in [0.05, 0.1) is 28.4 Å². The number of benzene rings is 1. The van der Waals surface area contributed by atoms with E-state index >= 15 is 0 Å². The monoisotopic (exact) mass is 697 g/mol. The summed E-state index contributed by atoms with van der Waals surface area (Å²) in [5.74, 6) is 7.81. The lowest BCUT2D eigenvalue weighted by Crippen LogP contribution is -2.74. The number of amides is 2. The highest BCUT2D eigenvalue weighted by atomic mass is 35.5. The van der Waals surface area contributed by atoms with E-state index in [9.17, 15) is 14.9 Å². The van der Waals surface area contributed by atoms with Crippen molar-refractivity contribution in [2.24, 2.45) is 22.2 Å². The predicted molar refractivity (Wildman–Crippen MR) is 190 cm³/mol. The number of hydrogen-bond acceptors (Lipinski definition) is 7. The maximum Gasteiger partial charge on any atom is 0.410 e. The normalized spacial score (nSPS) is 27.5. The van der Waals surface area contributed by atoms with Gasteiger partial charge in [-0.15, -0.1) is 0 Å². The lowest BCUT2D eigenvalue weighted by molar-refractivity contribution is -0.199. The average Bonchev–Trinajstić information content (AvgIpc) is 3.30. The fourth-order valence-electron chi connectivity index (χ4n) is 9.75. The standard InChI is InChI=1S/C40H48ClN5O4/c1-37(2,3)50-36(48)45-23-40(24-45)21-44(22-40)28-14-9-25(10-15-28)8-12-27-13-17-30-32(43-27)20-46(33(30)47)34-38(4,5)35(39(34,6)7)49-29-16-11-26(19-42)31(41)18-29/h11,13,16-18,25,28,34-35H,9-10,14-15,20-24H2,1-7H3/t25?,28?,34-,35-. The van der Waals surface area contributed by atoms with Crippen LogP contribution in [0, 0.1) is 45.3 Å². The number of rotatable bonds is 4. The van der Waals surface area contributed by atoms with E-state index < -0.39 is 5.60 Å². The Morgan fingerprint density at radius 2 is 1.68 bits per heavy atom. The maximum absolute atomic E-state index is 13.7. The summed E-state index contributed by atoms with van der Waals surface area (Å²) in [6, 6.07) is 11.5. The summed E-state index contributed by atoms with van der Waals surface area (Å²) >= 11 is 6.28. The molecule has 2 aliphatic carbocycles. The van der Waals surface area contributed by atoms with Gasteiger partial charge in [0.1, 0.15) is 29.2 Å². The number of aromatic nitrogens is 1. The molecule has 0 bridgehead atoms. The number of nitriles is 1. The van der Waals surface area contributed by atoms with E-state index in [1.807, 2.05) is 42.7 Å². The molecule has 1 spiro atoms. The SMILES string of the molecule is CC(C)(C)OC(=O)N1CC2(C1)CN(C1CCC(C#Cc3ccc4c(n3)CN([C@H]3C(C)(C)[C@H](Oc5ccc(C#N)c(Cl)c5)C3(C)C)C4=O)CC1)C2. The summed E-state index contributed by atoms with van der Waals surface area (Å²) in [5, 5.41) is 9.60. The Kier molecular flexibility index (Phi) is 8.43. The molecule has 264 valence electrons. The van der Waals surface area contributed by atoms with Gasteiger partial charge in [-0.2, -0.15) is 5.26 Å². The third-order valence-electron chi connectivity index (χ3n) is 11.6. The van der Waals surface area contributed by atoms with Crippen LogP contribution in [0.2, 0.25) is 5.02 Å². The molecule has 10 heteroatoms. The Bertz CT molecular complexity index is 1790. The van der Waals surface area contributed by atoms with Gasteiger partial charge in [-0.3, -0.25) is 9.69 Å². The van der Waals surface area contributed by atoms with E-state index in [4.69, 9.17) is 26.1 Å². The summed E-state index contributed by atoms with van der Waals surface area (Å²) in [7, 11) is 0. The van der Waals surface area contributed by atoms with Crippen molar-refractivity contribution in [2.75, 3.05) is 26.2 Å². The molecule has 4 fully saturated rings. The van der Waals surface area contributed by atoms with Gasteiger partial charge in [-0.25, -0.2) is 9.78 Å². The van der Waals surface area contributed by atoms with Crippen LogP contribution in [0.25, 0.3) is 0 Å². The number of pyridine rings is 1. The minimum absolute atomic E-state index is 0.00331. The zero-order valence-corrected chi connectivity index (χ0v) is 31.1. The number of carbonyl (C=O) groups is 2. The smallest absolute Gasteiger partial charge is 0.410 e. The topological polar surface area (TPSA) is 99.0 Å². The number of nitrogens with zero attached hydrogens (tertiary/aromatic N) is 5. The number of hydrogen-bond donors (Lipinski definition) is 0. The molecule has 5 aliphatic rings. The second-order valence-corrected chi connectivity index (χ2v) is 17.8. The molecule has 3 aliphatic heterocycles. The van der Waals surface area contributed by atoms with Crippen LogP contribution in [0.15, 0.2) is 30.3 Å². The minimum atomic E-state index is -0.457. The van der Waals surface area contributed by atoms with E-state index in [2.05, 4.69) is 50.5 Å². The van der Waals surface area contributed by atoms with E-state index in [0.29, 0.717) is 40.4 Å². The number of halogens is 1. The van der Waals surface area contributed by atoms with Crippen LogP contribution in [0.5, 0.6) is 5.75 Å². The van der Waals surface area contributed by atoms with Gasteiger partial charge < -0.3 is 19.3 Å². The van der Waals surface area contributed by atoms with Crippen molar-refractivity contribution in [1.29, 1.82) is 5.26 Å². The molecule has 2 saturated carbocycles. The molecule has 0 N–H and O–H groups in total. The lowest BCUT2D eigenvalue weighted by atomic mass is 9.49. The highest BCUT2D eigenvalue weighted by Gasteiger charge is 2.67. The van der Waals surface area contributed by atoms with E-state index in [-0.39, 0.29) is 40.4 Å². The quantitative estimate of drug-likeness (QED) is 0.320. The molecule has 0 unspecified atom stereocenters. The zero-order valence-electron chi connectivity index (χ0n) is 30.3. The van der Waals surface area contributed by atoms with Gasteiger partial charge in [0.25, 0.3) is 5.91 Å². The van der Waals surface area contributed by atoms with Crippen LogP contribution in [0.3, 0.4) is 0 Å². The first-order valence-corrected chi connectivity index (χ1v) is 18.3. The Balaban J connectivity index is 0.915. The molecule has 2 aromatic rings. The average molecular weight is 698 g/mol. The Morgan fingerprint density at radius 3 is 2.30 bits per heavy atom. The molecule has 4 heterocycles. The fourth-order valence-corrected chi connectivity index (χ4v) is 9.96. The summed E-state index contributed by atoms with van der Waals surface area (Å²) in [4.78, 5) is 37.3. The summed E-state index contributed by atoms with van der Waals surface area (Å²) in [6.07, 6.45) is 4.07. The lowest BCUT2D eigenvalue weighted by Gasteiger charge is -2.65. The Labute approximate surface area is 301 Å². The number of fused-ring (bicyclic) bond motifs is 1. The largest absolute Gasteiger partial charge is 0.489 e. The van der Waals surface area contributed by atoms with Gasteiger partial charge in [0, 0.05) is 66.5 Å². The second kappa shape index (κ2) is 12.2. The molecule has 0 atom stereocenters. The molecule has 9 nitrogen and oxygen atoms in total. The van der Waals surface area contributed by atoms with Crippen molar-refractivity contribution in [3.05, 3.63) is 57.9 Å². The summed E-state index contributed by atoms with van der Waals surface area (Å²) in [6.45, 7) is 18.5. The third-order valence-corrected chi connectivity index (χ3v) is 11.9. The maximum atomic E-state index is 13.7. The van der Waals surface area contributed by atoms with E-state index in [1.165, 1.54) is 0 Å². The van der Waals surface area contributed by atoms with Crippen LogP contribution >= 0.6 is 11.6 Å². The fraction of sp³-hybridized carbons (Fsp3) is 0.600. The Hall–Kier alpha value is -3.79. The van der Waals surface area contributed by atoms with Crippen molar-refractivity contribution >= 4 is 23.6 Å². The number of ether oxygens (including phenoxy) is 2. The van der Waals surface area contributed by atoms with Gasteiger partial charge in [0.15, 0.2) is 0 Å².